The van der Waals surface area contributed by atoms with Crippen molar-refractivity contribution in [2.75, 3.05) is 0 Å². The van der Waals surface area contributed by atoms with Crippen molar-refractivity contribution in [1.82, 2.24) is 14.5 Å². The van der Waals surface area contributed by atoms with Gasteiger partial charge in [-0.15, -0.1) is 0 Å². The van der Waals surface area contributed by atoms with Crippen molar-refractivity contribution in [2.45, 2.75) is 0 Å². The minimum absolute atomic E-state index is 0.580. The van der Waals surface area contributed by atoms with Crippen LogP contribution in [0.3, 0.4) is 0 Å². The Morgan fingerprint density at radius 3 is 1.98 bits per heavy atom. The fourth-order valence-corrected chi connectivity index (χ4v) is 6.89. The summed E-state index contributed by atoms with van der Waals surface area (Å²) in [5, 5.41) is 6.55. The maximum absolute atomic E-state index is 6.30. The second-order valence-corrected chi connectivity index (χ2v) is 11.4. The summed E-state index contributed by atoms with van der Waals surface area (Å²) in [7, 11) is 0. The number of para-hydroxylation sites is 3. The summed E-state index contributed by atoms with van der Waals surface area (Å²) in [6.45, 7) is 0. The molecule has 210 valence electrons. The molecule has 4 aromatic heterocycles. The molecule has 0 amide bonds. The van der Waals surface area contributed by atoms with Gasteiger partial charge >= 0.3 is 0 Å². The lowest BCUT2D eigenvalue weighted by Crippen LogP contribution is -1.97. The standard InChI is InChI=1S/C40H23N3O2/c1-2-11-24(12-3-1)39-41-38(37-29-17-6-9-20-33(29)45-40(37)42-39)25-13-10-14-26(23-25)43-30-18-7-4-15-27(30)35-31(43)21-22-34-36(35)28-16-5-8-19-32(28)44-34/h1-23H. The first-order valence-corrected chi connectivity index (χ1v) is 15.0. The van der Waals surface area contributed by atoms with Gasteiger partial charge in [0.2, 0.25) is 5.71 Å². The Balaban J connectivity index is 1.27. The van der Waals surface area contributed by atoms with E-state index in [1.54, 1.807) is 0 Å². The largest absolute Gasteiger partial charge is 0.456 e. The molecule has 10 rings (SSSR count). The van der Waals surface area contributed by atoms with Crippen LogP contribution in [0.4, 0.5) is 0 Å². The number of nitrogens with zero attached hydrogens (tertiary/aromatic N) is 3. The van der Waals surface area contributed by atoms with Crippen molar-refractivity contribution in [2.24, 2.45) is 0 Å². The highest BCUT2D eigenvalue weighted by molar-refractivity contribution is 6.27. The van der Waals surface area contributed by atoms with Gasteiger partial charge in [-0.3, -0.25) is 0 Å². The van der Waals surface area contributed by atoms with Gasteiger partial charge in [-0.05, 0) is 42.5 Å². The van der Waals surface area contributed by atoms with Gasteiger partial charge < -0.3 is 13.4 Å². The molecular formula is C40H23N3O2. The van der Waals surface area contributed by atoms with Crippen LogP contribution < -0.4 is 0 Å². The second kappa shape index (κ2) is 9.15. The minimum Gasteiger partial charge on any atom is -0.456 e. The van der Waals surface area contributed by atoms with E-state index in [0.29, 0.717) is 11.5 Å². The van der Waals surface area contributed by atoms with E-state index in [-0.39, 0.29) is 0 Å². The lowest BCUT2D eigenvalue weighted by molar-refractivity contribution is 0.653. The number of furan rings is 2. The molecule has 0 saturated heterocycles. The highest BCUT2D eigenvalue weighted by Gasteiger charge is 2.21. The van der Waals surface area contributed by atoms with Crippen LogP contribution in [0.2, 0.25) is 0 Å². The van der Waals surface area contributed by atoms with E-state index in [1.807, 2.05) is 60.7 Å². The summed E-state index contributed by atoms with van der Waals surface area (Å²) in [6.07, 6.45) is 0. The van der Waals surface area contributed by atoms with E-state index in [2.05, 4.69) is 83.4 Å². The number of benzene rings is 6. The molecule has 0 aliphatic heterocycles. The molecule has 0 aliphatic rings. The second-order valence-electron chi connectivity index (χ2n) is 11.4. The zero-order valence-electron chi connectivity index (χ0n) is 23.9. The highest BCUT2D eigenvalue weighted by atomic mass is 16.3. The summed E-state index contributed by atoms with van der Waals surface area (Å²) in [5.41, 5.74) is 9.24. The molecule has 5 heteroatoms. The first-order chi connectivity index (χ1) is 22.3. The molecular weight excluding hydrogens is 554 g/mol. The van der Waals surface area contributed by atoms with E-state index in [4.69, 9.17) is 18.8 Å². The maximum atomic E-state index is 6.30. The minimum atomic E-state index is 0.580. The molecule has 5 nitrogen and oxygen atoms in total. The Labute approximate surface area is 256 Å². The smallest absolute Gasteiger partial charge is 0.231 e. The average molecular weight is 578 g/mol. The van der Waals surface area contributed by atoms with Crippen molar-refractivity contribution < 1.29 is 8.83 Å². The lowest BCUT2D eigenvalue weighted by atomic mass is 10.0. The highest BCUT2D eigenvalue weighted by Crippen LogP contribution is 2.42. The molecule has 0 spiro atoms. The number of rotatable bonds is 3. The van der Waals surface area contributed by atoms with Crippen LogP contribution in [-0.4, -0.2) is 14.5 Å². The van der Waals surface area contributed by atoms with Gasteiger partial charge in [0.05, 0.1) is 22.1 Å². The summed E-state index contributed by atoms with van der Waals surface area (Å²) in [4.78, 5) is 10.1. The van der Waals surface area contributed by atoms with Crippen LogP contribution in [-0.2, 0) is 0 Å². The molecule has 10 aromatic rings. The van der Waals surface area contributed by atoms with Gasteiger partial charge in [0, 0.05) is 43.7 Å². The maximum Gasteiger partial charge on any atom is 0.231 e. The zero-order valence-corrected chi connectivity index (χ0v) is 23.9. The first kappa shape index (κ1) is 24.3. The molecule has 0 N–H and O–H groups in total. The van der Waals surface area contributed by atoms with Crippen LogP contribution in [0.1, 0.15) is 0 Å². The predicted octanol–water partition coefficient (Wildman–Crippen LogP) is 10.7. The Kier molecular flexibility index (Phi) is 4.93. The molecule has 4 heterocycles. The third kappa shape index (κ3) is 3.49. The van der Waals surface area contributed by atoms with Crippen molar-refractivity contribution in [3.8, 4) is 28.3 Å². The molecule has 0 radical (unpaired) electrons. The van der Waals surface area contributed by atoms with Gasteiger partial charge in [-0.25, -0.2) is 4.98 Å². The number of hydrogen-bond donors (Lipinski definition) is 0. The van der Waals surface area contributed by atoms with E-state index < -0.39 is 0 Å². The number of aromatic nitrogens is 3. The Morgan fingerprint density at radius 1 is 0.444 bits per heavy atom. The molecule has 6 aromatic carbocycles. The quantitative estimate of drug-likeness (QED) is 0.210. The first-order valence-electron chi connectivity index (χ1n) is 15.0. The molecule has 0 unspecified atom stereocenters. The van der Waals surface area contributed by atoms with E-state index >= 15 is 0 Å². The van der Waals surface area contributed by atoms with Crippen LogP contribution in [0.5, 0.6) is 0 Å². The monoisotopic (exact) mass is 577 g/mol. The fraction of sp³-hybridized carbons (Fsp3) is 0. The van der Waals surface area contributed by atoms with E-state index in [1.165, 1.54) is 10.8 Å². The summed E-state index contributed by atoms with van der Waals surface area (Å²) < 4.78 is 14.9. The van der Waals surface area contributed by atoms with Crippen molar-refractivity contribution >= 4 is 65.8 Å². The normalized spacial score (nSPS) is 12.0. The van der Waals surface area contributed by atoms with Crippen molar-refractivity contribution in [1.29, 1.82) is 0 Å². The van der Waals surface area contributed by atoms with Gasteiger partial charge in [0.25, 0.3) is 0 Å². The predicted molar refractivity (Wildman–Crippen MR) is 182 cm³/mol. The SMILES string of the molecule is c1ccc(-c2nc(-c3cccc(-n4c5ccccc5c5c6c(ccc54)oc4ccccc46)c3)c3c(n2)oc2ccccc23)cc1. The van der Waals surface area contributed by atoms with Crippen LogP contribution in [0, 0.1) is 0 Å². The third-order valence-corrected chi connectivity index (χ3v) is 8.83. The van der Waals surface area contributed by atoms with Crippen LogP contribution >= 0.6 is 0 Å². The topological polar surface area (TPSA) is 57.0 Å². The number of hydrogen-bond acceptors (Lipinski definition) is 4. The molecule has 0 bridgehead atoms. The Hall–Kier alpha value is -6.20. The van der Waals surface area contributed by atoms with Crippen LogP contribution in [0.15, 0.2) is 148 Å². The molecule has 0 saturated carbocycles. The van der Waals surface area contributed by atoms with Crippen LogP contribution in [0.25, 0.3) is 94.1 Å². The summed E-state index contributed by atoms with van der Waals surface area (Å²) in [5.74, 6) is 0.633. The van der Waals surface area contributed by atoms with Crippen molar-refractivity contribution in [3.63, 3.8) is 0 Å². The van der Waals surface area contributed by atoms with Gasteiger partial charge in [0.1, 0.15) is 16.7 Å². The third-order valence-electron chi connectivity index (χ3n) is 8.83. The fourth-order valence-electron chi connectivity index (χ4n) is 6.89. The molecule has 45 heavy (non-hydrogen) atoms. The van der Waals surface area contributed by atoms with Crippen molar-refractivity contribution in [3.05, 3.63) is 140 Å². The molecule has 0 fully saturated rings. The molecule has 0 atom stereocenters. The van der Waals surface area contributed by atoms with E-state index in [9.17, 15) is 0 Å². The summed E-state index contributed by atoms with van der Waals surface area (Å²) >= 11 is 0. The zero-order chi connectivity index (χ0) is 29.5. The molecule has 0 aliphatic carbocycles. The van der Waals surface area contributed by atoms with Gasteiger partial charge in [-0.2, -0.15) is 4.98 Å². The van der Waals surface area contributed by atoms with Gasteiger partial charge in [-0.1, -0.05) is 97.1 Å². The Morgan fingerprint density at radius 2 is 1.13 bits per heavy atom. The van der Waals surface area contributed by atoms with Gasteiger partial charge in [0.15, 0.2) is 5.82 Å². The lowest BCUT2D eigenvalue weighted by Gasteiger charge is -2.11. The number of fused-ring (bicyclic) bond motifs is 10. The average Bonchev–Trinajstić information content (AvgIpc) is 3.77. The van der Waals surface area contributed by atoms with E-state index in [0.717, 1.165) is 71.8 Å². The summed E-state index contributed by atoms with van der Waals surface area (Å²) in [6, 6.07) is 47.9. The Bertz CT molecular complexity index is 2770.